The fourth-order valence-electron chi connectivity index (χ4n) is 1.71. The maximum absolute atomic E-state index is 11.9. The lowest BCUT2D eigenvalue weighted by Gasteiger charge is -2.12. The maximum atomic E-state index is 11.9. The number of hydrogen-bond donors (Lipinski definition) is 2. The zero-order valence-corrected chi connectivity index (χ0v) is 13.2. The minimum atomic E-state index is -0.623. The van der Waals surface area contributed by atoms with Gasteiger partial charge in [-0.3, -0.25) is 19.2 Å². The number of rotatable bonds is 2. The van der Waals surface area contributed by atoms with Gasteiger partial charge in [-0.05, 0) is 18.2 Å². The Kier molecular flexibility index (Phi) is 4.58. The van der Waals surface area contributed by atoms with E-state index in [2.05, 4.69) is 10.6 Å². The van der Waals surface area contributed by atoms with Crippen LogP contribution in [0.25, 0.3) is 0 Å². The Morgan fingerprint density at radius 2 is 1.68 bits per heavy atom. The van der Waals surface area contributed by atoms with E-state index in [0.717, 1.165) is 15.2 Å². The average molecular weight is 343 g/mol. The third-order valence-corrected chi connectivity index (χ3v) is 3.68. The molecule has 116 valence electrons. The quantitative estimate of drug-likeness (QED) is 0.875. The number of nitrogens with zero attached hydrogens (tertiary/aromatic N) is 2. The fraction of sp³-hybridized carbons (Fsp3) is 0.154. The van der Waals surface area contributed by atoms with E-state index in [1.54, 1.807) is 6.07 Å². The summed E-state index contributed by atoms with van der Waals surface area (Å²) in [5, 5.41) is 5.60. The molecule has 1 aromatic heterocycles. The van der Waals surface area contributed by atoms with Gasteiger partial charge in [-0.15, -0.1) is 0 Å². The van der Waals surface area contributed by atoms with Crippen molar-refractivity contribution >= 4 is 40.7 Å². The molecule has 2 rings (SSSR count). The van der Waals surface area contributed by atoms with Gasteiger partial charge >= 0.3 is 11.7 Å². The van der Waals surface area contributed by atoms with Crippen LogP contribution in [0.4, 0.5) is 16.3 Å². The van der Waals surface area contributed by atoms with Gasteiger partial charge in [0.15, 0.2) is 0 Å². The van der Waals surface area contributed by atoms with Gasteiger partial charge in [0.05, 0.1) is 10.0 Å². The molecule has 7 nitrogen and oxygen atoms in total. The number of aromatic nitrogens is 2. The van der Waals surface area contributed by atoms with Crippen molar-refractivity contribution in [1.29, 1.82) is 0 Å². The first-order valence-electron chi connectivity index (χ1n) is 6.09. The number of carbonyl (C=O) groups excluding carboxylic acids is 1. The highest BCUT2D eigenvalue weighted by molar-refractivity contribution is 6.42. The van der Waals surface area contributed by atoms with Crippen molar-refractivity contribution in [3.8, 4) is 0 Å². The lowest BCUT2D eigenvalue weighted by molar-refractivity contribution is 0.262. The molecule has 1 aromatic carbocycles. The Morgan fingerprint density at radius 1 is 1.00 bits per heavy atom. The minimum absolute atomic E-state index is 0.0747. The summed E-state index contributed by atoms with van der Waals surface area (Å²) in [4.78, 5) is 35.3. The van der Waals surface area contributed by atoms with Crippen molar-refractivity contribution < 1.29 is 4.79 Å². The summed E-state index contributed by atoms with van der Waals surface area (Å²) in [5.41, 5.74) is -0.647. The molecule has 9 heteroatoms. The van der Waals surface area contributed by atoms with Crippen molar-refractivity contribution in [2.45, 2.75) is 0 Å². The predicted molar refractivity (Wildman–Crippen MR) is 86.0 cm³/mol. The van der Waals surface area contributed by atoms with Gasteiger partial charge in [-0.2, -0.15) is 0 Å². The number of halogens is 2. The van der Waals surface area contributed by atoms with Gasteiger partial charge in [-0.25, -0.2) is 9.59 Å². The monoisotopic (exact) mass is 342 g/mol. The zero-order chi connectivity index (χ0) is 16.4. The molecule has 0 bridgehead atoms. The van der Waals surface area contributed by atoms with E-state index in [1.807, 2.05) is 0 Å². The van der Waals surface area contributed by atoms with Crippen LogP contribution in [0, 0.1) is 0 Å². The third kappa shape index (κ3) is 3.32. The third-order valence-electron chi connectivity index (χ3n) is 2.95. The van der Waals surface area contributed by atoms with Crippen molar-refractivity contribution in [1.82, 2.24) is 9.13 Å². The maximum Gasteiger partial charge on any atom is 0.332 e. The van der Waals surface area contributed by atoms with Gasteiger partial charge < -0.3 is 5.32 Å². The van der Waals surface area contributed by atoms with Gasteiger partial charge in [0, 0.05) is 25.8 Å². The molecule has 0 atom stereocenters. The molecule has 0 saturated carbocycles. The average Bonchev–Trinajstić information content (AvgIpc) is 2.46. The van der Waals surface area contributed by atoms with E-state index in [9.17, 15) is 14.4 Å². The summed E-state index contributed by atoms with van der Waals surface area (Å²) < 4.78 is 2.08. The van der Waals surface area contributed by atoms with Crippen LogP contribution in [0.1, 0.15) is 0 Å². The molecule has 0 unspecified atom stereocenters. The first kappa shape index (κ1) is 16.1. The van der Waals surface area contributed by atoms with E-state index in [4.69, 9.17) is 23.2 Å². The molecule has 0 aliphatic carbocycles. The van der Waals surface area contributed by atoms with Gasteiger partial charge in [0.2, 0.25) is 0 Å². The molecule has 2 amide bonds. The smallest absolute Gasteiger partial charge is 0.308 e. The highest BCUT2D eigenvalue weighted by atomic mass is 35.5. The lowest BCUT2D eigenvalue weighted by Crippen LogP contribution is -2.38. The Labute approximate surface area is 135 Å². The SMILES string of the molecule is Cn1c(NC(=O)Nc2ccc(Cl)c(Cl)c2)cc(=O)n(C)c1=O. The van der Waals surface area contributed by atoms with Gasteiger partial charge in [-0.1, -0.05) is 23.2 Å². The van der Waals surface area contributed by atoms with E-state index in [-0.39, 0.29) is 5.82 Å². The van der Waals surface area contributed by atoms with Crippen molar-refractivity contribution in [3.63, 3.8) is 0 Å². The highest BCUT2D eigenvalue weighted by Gasteiger charge is 2.10. The number of anilines is 2. The van der Waals surface area contributed by atoms with E-state index >= 15 is 0 Å². The van der Waals surface area contributed by atoms with E-state index in [0.29, 0.717) is 15.7 Å². The summed E-state index contributed by atoms with van der Waals surface area (Å²) in [5.74, 6) is 0.0747. The second-order valence-electron chi connectivity index (χ2n) is 4.48. The lowest BCUT2D eigenvalue weighted by atomic mass is 10.3. The number of hydrogen-bond acceptors (Lipinski definition) is 3. The van der Waals surface area contributed by atoms with Crippen molar-refractivity contribution in [2.24, 2.45) is 14.1 Å². The predicted octanol–water partition coefficient (Wildman–Crippen LogP) is 2.03. The number of nitrogens with one attached hydrogen (secondary N) is 2. The molecular formula is C13H12Cl2N4O3. The Hall–Kier alpha value is -2.25. The molecule has 22 heavy (non-hydrogen) atoms. The summed E-state index contributed by atoms with van der Waals surface area (Å²) in [6, 6.07) is 5.11. The minimum Gasteiger partial charge on any atom is -0.308 e. The molecular weight excluding hydrogens is 331 g/mol. The fourth-order valence-corrected chi connectivity index (χ4v) is 2.00. The number of urea groups is 1. The van der Waals surface area contributed by atoms with Crippen molar-refractivity contribution in [2.75, 3.05) is 10.6 Å². The first-order valence-corrected chi connectivity index (χ1v) is 6.85. The molecule has 2 N–H and O–H groups in total. The van der Waals surface area contributed by atoms with Gasteiger partial charge in [0.1, 0.15) is 5.82 Å². The van der Waals surface area contributed by atoms with Gasteiger partial charge in [0.25, 0.3) is 5.56 Å². The number of amides is 2. The van der Waals surface area contributed by atoms with Crippen LogP contribution in [-0.2, 0) is 14.1 Å². The zero-order valence-electron chi connectivity index (χ0n) is 11.7. The number of carbonyl (C=O) groups is 1. The molecule has 0 aliphatic heterocycles. The second kappa shape index (κ2) is 6.25. The molecule has 0 spiro atoms. The van der Waals surface area contributed by atoms with Crippen LogP contribution in [0.3, 0.4) is 0 Å². The topological polar surface area (TPSA) is 85.1 Å². The summed E-state index contributed by atoms with van der Waals surface area (Å²) in [6.07, 6.45) is 0. The number of benzene rings is 1. The van der Waals surface area contributed by atoms with Crippen LogP contribution in [0.2, 0.25) is 10.0 Å². The molecule has 0 radical (unpaired) electrons. The first-order chi connectivity index (χ1) is 10.3. The molecule has 0 fully saturated rings. The summed E-state index contributed by atoms with van der Waals surface area (Å²) in [6.45, 7) is 0. The normalized spacial score (nSPS) is 10.4. The van der Waals surface area contributed by atoms with Crippen molar-refractivity contribution in [3.05, 3.63) is 55.1 Å². The Bertz CT molecular complexity index is 857. The summed E-state index contributed by atoms with van der Waals surface area (Å²) >= 11 is 11.6. The Morgan fingerprint density at radius 3 is 2.32 bits per heavy atom. The molecule has 2 aromatic rings. The molecule has 0 aliphatic rings. The van der Waals surface area contributed by atoms with E-state index in [1.165, 1.54) is 26.2 Å². The van der Waals surface area contributed by atoms with Crippen LogP contribution < -0.4 is 21.9 Å². The Balaban J connectivity index is 2.21. The van der Waals surface area contributed by atoms with Crippen LogP contribution in [-0.4, -0.2) is 15.2 Å². The standard InChI is InChI=1S/C13H12Cl2N4O3/c1-18-10(6-11(20)19(2)13(18)22)17-12(21)16-7-3-4-8(14)9(15)5-7/h3-6H,1-2H3,(H2,16,17,21). The molecule has 0 saturated heterocycles. The summed E-state index contributed by atoms with van der Waals surface area (Å²) in [7, 11) is 2.79. The molecule has 1 heterocycles. The van der Waals surface area contributed by atoms with E-state index < -0.39 is 17.3 Å². The largest absolute Gasteiger partial charge is 0.332 e. The highest BCUT2D eigenvalue weighted by Crippen LogP contribution is 2.24. The van der Waals surface area contributed by atoms with Crippen LogP contribution in [0.15, 0.2) is 33.9 Å². The second-order valence-corrected chi connectivity index (χ2v) is 5.29. The van der Waals surface area contributed by atoms with Crippen LogP contribution >= 0.6 is 23.2 Å². The van der Waals surface area contributed by atoms with Crippen LogP contribution in [0.5, 0.6) is 0 Å².